The Hall–Kier alpha value is -0.775. The summed E-state index contributed by atoms with van der Waals surface area (Å²) in [5.74, 6) is 0.592. The van der Waals surface area contributed by atoms with Gasteiger partial charge in [0.1, 0.15) is 0 Å². The lowest BCUT2D eigenvalue weighted by molar-refractivity contribution is -0.124. The summed E-state index contributed by atoms with van der Waals surface area (Å²) in [7, 11) is 5.09. The van der Waals surface area contributed by atoms with Crippen LogP contribution in [0.1, 0.15) is 13.8 Å². The van der Waals surface area contributed by atoms with Gasteiger partial charge in [-0.15, -0.1) is 0 Å². The summed E-state index contributed by atoms with van der Waals surface area (Å²) in [5, 5.41) is 5.68. The summed E-state index contributed by atoms with van der Waals surface area (Å²) in [5.41, 5.74) is 0. The van der Waals surface area contributed by atoms with E-state index in [4.69, 9.17) is 7.98 Å². The first-order chi connectivity index (χ1) is 6.15. The van der Waals surface area contributed by atoms with Crippen LogP contribution in [0.25, 0.3) is 0 Å². The van der Waals surface area contributed by atoms with Crippen molar-refractivity contribution in [2.75, 3.05) is 5.75 Å². The van der Waals surface area contributed by atoms with Gasteiger partial charge in [-0.3, -0.25) is 4.79 Å². The van der Waals surface area contributed by atoms with Crippen LogP contribution in [-0.2, 0) is 4.79 Å². The molecule has 0 saturated carbocycles. The maximum Gasteiger partial charge on any atom is 0.263 e. The Bertz CT molecular complexity index is 264. The molecule has 0 unspecified atom stereocenters. The summed E-state index contributed by atoms with van der Waals surface area (Å²) in [6.07, 6.45) is 1.69. The van der Waals surface area contributed by atoms with Crippen LogP contribution in [0.4, 0.5) is 0 Å². The van der Waals surface area contributed by atoms with E-state index in [9.17, 15) is 4.79 Å². The molecule has 0 aliphatic carbocycles. The first-order valence-corrected chi connectivity index (χ1v) is 4.91. The molecule has 1 heterocycles. The van der Waals surface area contributed by atoms with Gasteiger partial charge in [-0.25, -0.2) is 0 Å². The molecule has 13 heavy (non-hydrogen) atoms. The summed E-state index contributed by atoms with van der Waals surface area (Å²) >= 11 is 1.30. The summed E-state index contributed by atoms with van der Waals surface area (Å²) < 4.78 is 0. The lowest BCUT2D eigenvalue weighted by Gasteiger charge is -2.08. The molecule has 0 spiro atoms. The average Bonchev–Trinajstić information content (AvgIpc) is 2.43. The van der Waals surface area contributed by atoms with Gasteiger partial charge in [0, 0.05) is 6.21 Å². The number of hydrogen-bond acceptors (Lipinski definition) is 4. The Kier molecular flexibility index (Phi) is 3.53. The van der Waals surface area contributed by atoms with Crippen LogP contribution in [-0.4, -0.2) is 36.0 Å². The third-order valence-electron chi connectivity index (χ3n) is 1.33. The van der Waals surface area contributed by atoms with Gasteiger partial charge in [-0.2, -0.15) is 10.1 Å². The highest BCUT2D eigenvalue weighted by molar-refractivity contribution is 8.15. The van der Waals surface area contributed by atoms with Crippen molar-refractivity contribution in [2.45, 2.75) is 13.8 Å². The predicted octanol–water partition coefficient (Wildman–Crippen LogP) is 0.643. The average molecular weight is 195 g/mol. The van der Waals surface area contributed by atoms with Gasteiger partial charge in [0.25, 0.3) is 13.9 Å². The molecule has 1 aliphatic rings. The molecule has 1 aliphatic heterocycles. The van der Waals surface area contributed by atoms with Gasteiger partial charge < -0.3 is 4.90 Å². The summed E-state index contributed by atoms with van der Waals surface area (Å²) in [4.78, 5) is 14.7. The van der Waals surface area contributed by atoms with Gasteiger partial charge in [0.2, 0.25) is 0 Å². The Balaban J connectivity index is 2.71. The number of carbonyl (C=O) groups is 1. The molecule has 0 N–H and O–H groups in total. The van der Waals surface area contributed by atoms with Gasteiger partial charge in [0.15, 0.2) is 5.17 Å². The van der Waals surface area contributed by atoms with Crippen molar-refractivity contribution in [3.63, 3.8) is 0 Å². The van der Waals surface area contributed by atoms with E-state index in [1.165, 1.54) is 16.8 Å². The molecular formula is C7H10BN3OS. The molecule has 4 nitrogen and oxygen atoms in total. The van der Waals surface area contributed by atoms with Gasteiger partial charge in [-0.1, -0.05) is 25.6 Å². The van der Waals surface area contributed by atoms with Crippen LogP contribution in [0.5, 0.6) is 0 Å². The molecule has 0 bridgehead atoms. The second-order valence-electron chi connectivity index (χ2n) is 2.91. The smallest absolute Gasteiger partial charge is 0.263 e. The van der Waals surface area contributed by atoms with Crippen molar-refractivity contribution >= 4 is 37.0 Å². The number of nitrogens with zero attached hydrogens (tertiary/aromatic N) is 3. The minimum atomic E-state index is -0.0777. The number of hydrogen-bond donors (Lipinski definition) is 0. The molecular weight excluding hydrogens is 185 g/mol. The van der Waals surface area contributed by atoms with E-state index in [-0.39, 0.29) is 5.91 Å². The largest absolute Gasteiger partial charge is 0.335 e. The monoisotopic (exact) mass is 195 g/mol. The van der Waals surface area contributed by atoms with E-state index >= 15 is 0 Å². The van der Waals surface area contributed by atoms with Crippen LogP contribution >= 0.6 is 11.8 Å². The predicted molar refractivity (Wildman–Crippen MR) is 55.8 cm³/mol. The fourth-order valence-corrected chi connectivity index (χ4v) is 1.48. The fraction of sp³-hybridized carbons (Fsp3) is 0.571. The van der Waals surface area contributed by atoms with Crippen molar-refractivity contribution in [2.24, 2.45) is 15.9 Å². The van der Waals surface area contributed by atoms with Crippen molar-refractivity contribution in [3.8, 4) is 0 Å². The molecule has 2 radical (unpaired) electrons. The fourth-order valence-electron chi connectivity index (χ4n) is 0.761. The van der Waals surface area contributed by atoms with E-state index in [0.717, 1.165) is 0 Å². The topological polar surface area (TPSA) is 45.0 Å². The SMILES string of the molecule is [B]/N=C1\SCC(=O)N1/N=C/C(C)C. The molecule has 0 aromatic heterocycles. The van der Waals surface area contributed by atoms with Crippen molar-refractivity contribution < 1.29 is 4.79 Å². The number of amides is 1. The zero-order valence-electron chi connectivity index (χ0n) is 7.60. The normalized spacial score (nSPS) is 21.3. The van der Waals surface area contributed by atoms with E-state index in [0.29, 0.717) is 16.8 Å². The maximum absolute atomic E-state index is 11.2. The first kappa shape index (κ1) is 10.3. The van der Waals surface area contributed by atoms with Crippen LogP contribution in [0.2, 0.25) is 0 Å². The molecule has 1 saturated heterocycles. The molecule has 6 heteroatoms. The standard InChI is InChI=1S/C7H10BN3OS/c1-5(2)3-9-11-6(12)4-13-7(11)10-8/h3,5H,4H2,1-2H3/b9-3+,10-7-. The number of hydrazone groups is 1. The van der Waals surface area contributed by atoms with Crippen LogP contribution in [0.3, 0.4) is 0 Å². The zero-order chi connectivity index (χ0) is 9.84. The lowest BCUT2D eigenvalue weighted by atomic mass is 10.3. The highest BCUT2D eigenvalue weighted by Crippen LogP contribution is 2.18. The number of amidine groups is 1. The zero-order valence-corrected chi connectivity index (χ0v) is 8.41. The Morgan fingerprint density at radius 2 is 2.38 bits per heavy atom. The van der Waals surface area contributed by atoms with Gasteiger partial charge in [0.05, 0.1) is 5.75 Å². The Labute approximate surface area is 82.9 Å². The van der Waals surface area contributed by atoms with Crippen LogP contribution in [0.15, 0.2) is 10.0 Å². The second kappa shape index (κ2) is 4.46. The van der Waals surface area contributed by atoms with E-state index in [2.05, 4.69) is 10.0 Å². The van der Waals surface area contributed by atoms with Crippen LogP contribution in [0, 0.1) is 5.92 Å². The minimum absolute atomic E-state index is 0.0777. The van der Waals surface area contributed by atoms with Gasteiger partial charge in [-0.05, 0) is 5.92 Å². The molecule has 68 valence electrons. The quantitative estimate of drug-likeness (QED) is 0.479. The van der Waals surface area contributed by atoms with E-state index in [1.54, 1.807) is 6.21 Å². The summed E-state index contributed by atoms with van der Waals surface area (Å²) in [6, 6.07) is 0. The molecule has 1 rings (SSSR count). The second-order valence-corrected chi connectivity index (χ2v) is 3.86. The van der Waals surface area contributed by atoms with Crippen molar-refractivity contribution in [1.29, 1.82) is 0 Å². The van der Waals surface area contributed by atoms with E-state index < -0.39 is 0 Å². The molecule has 1 fully saturated rings. The third-order valence-corrected chi connectivity index (χ3v) is 2.26. The highest BCUT2D eigenvalue weighted by atomic mass is 32.2. The van der Waals surface area contributed by atoms with E-state index in [1.807, 2.05) is 13.8 Å². The third kappa shape index (κ3) is 2.58. The number of rotatable bonds is 2. The highest BCUT2D eigenvalue weighted by Gasteiger charge is 2.26. The molecule has 0 atom stereocenters. The minimum Gasteiger partial charge on any atom is -0.335 e. The van der Waals surface area contributed by atoms with Gasteiger partial charge >= 0.3 is 0 Å². The molecule has 1 amide bonds. The van der Waals surface area contributed by atoms with Crippen molar-refractivity contribution in [3.05, 3.63) is 0 Å². The van der Waals surface area contributed by atoms with Crippen LogP contribution < -0.4 is 0 Å². The maximum atomic E-state index is 11.2. The Morgan fingerprint density at radius 3 is 2.92 bits per heavy atom. The molecule has 0 aromatic carbocycles. The van der Waals surface area contributed by atoms with Crippen molar-refractivity contribution in [1.82, 2.24) is 5.01 Å². The molecule has 0 aromatic rings. The summed E-state index contributed by atoms with van der Waals surface area (Å²) in [6.45, 7) is 3.97. The number of thioether (sulfide) groups is 1. The first-order valence-electron chi connectivity index (χ1n) is 3.93. The Morgan fingerprint density at radius 1 is 1.69 bits per heavy atom. The number of carbonyl (C=O) groups excluding carboxylic acids is 1. The lowest BCUT2D eigenvalue weighted by Crippen LogP contribution is -2.24.